The van der Waals surface area contributed by atoms with E-state index in [4.69, 9.17) is 0 Å². The van der Waals surface area contributed by atoms with Gasteiger partial charge in [0.05, 0.1) is 5.69 Å². The molecule has 0 aromatic heterocycles. The Morgan fingerprint density at radius 3 is 1.71 bits per heavy atom. The van der Waals surface area contributed by atoms with Crippen molar-refractivity contribution < 1.29 is 9.59 Å². The van der Waals surface area contributed by atoms with E-state index < -0.39 is 0 Å². The van der Waals surface area contributed by atoms with Crippen molar-refractivity contribution in [3.05, 3.63) is 54.6 Å². The van der Waals surface area contributed by atoms with Crippen LogP contribution in [0.15, 0.2) is 64.4 Å². The van der Waals surface area contributed by atoms with Crippen LogP contribution in [0.1, 0.15) is 13.8 Å². The second kappa shape index (κ2) is 7.33. The molecule has 2 aromatic rings. The average molecular weight is 317 g/mol. The van der Waals surface area contributed by atoms with Crippen LogP contribution in [0, 0.1) is 0 Å². The highest BCUT2D eigenvalue weighted by molar-refractivity contribution is 8.76. The minimum absolute atomic E-state index is 0.276. The molecule has 0 aliphatic rings. The van der Waals surface area contributed by atoms with Gasteiger partial charge in [-0.2, -0.15) is 0 Å². The third-order valence-electron chi connectivity index (χ3n) is 2.70. The molecule has 0 radical (unpaired) electrons. The molecular formula is C16H15NO2S2. The summed E-state index contributed by atoms with van der Waals surface area (Å²) in [4.78, 5) is 26.4. The smallest absolute Gasteiger partial charge is 0.230 e. The van der Waals surface area contributed by atoms with Gasteiger partial charge in [0, 0.05) is 23.6 Å². The normalized spacial score (nSPS) is 10.2. The van der Waals surface area contributed by atoms with Crippen molar-refractivity contribution in [1.29, 1.82) is 0 Å². The fourth-order valence-electron chi connectivity index (χ4n) is 1.81. The van der Waals surface area contributed by atoms with Gasteiger partial charge in [-0.3, -0.25) is 14.5 Å². The lowest BCUT2D eigenvalue weighted by atomic mass is 10.3. The second-order valence-electron chi connectivity index (χ2n) is 4.35. The van der Waals surface area contributed by atoms with E-state index in [1.165, 1.54) is 23.6 Å². The van der Waals surface area contributed by atoms with E-state index in [-0.39, 0.29) is 11.8 Å². The van der Waals surface area contributed by atoms with Crippen molar-refractivity contribution in [2.45, 2.75) is 23.6 Å². The Morgan fingerprint density at radius 1 is 0.762 bits per heavy atom. The third-order valence-corrected chi connectivity index (χ3v) is 5.12. The van der Waals surface area contributed by atoms with Gasteiger partial charge in [0.15, 0.2) is 0 Å². The number of carbonyl (C=O) groups excluding carboxylic acids is 2. The van der Waals surface area contributed by atoms with E-state index >= 15 is 0 Å². The Bertz CT molecular complexity index is 612. The van der Waals surface area contributed by atoms with Crippen molar-refractivity contribution in [3.8, 4) is 0 Å². The van der Waals surface area contributed by atoms with Crippen LogP contribution in [0.25, 0.3) is 0 Å². The molecule has 0 aliphatic carbocycles. The highest BCUT2D eigenvalue weighted by Crippen LogP contribution is 2.37. The highest BCUT2D eigenvalue weighted by Gasteiger charge is 2.15. The predicted octanol–water partition coefficient (Wildman–Crippen LogP) is 4.39. The van der Waals surface area contributed by atoms with Gasteiger partial charge in [-0.1, -0.05) is 39.8 Å². The minimum Gasteiger partial charge on any atom is -0.274 e. The van der Waals surface area contributed by atoms with Gasteiger partial charge in [0.2, 0.25) is 11.8 Å². The van der Waals surface area contributed by atoms with Crippen molar-refractivity contribution in [2.24, 2.45) is 0 Å². The number of hydrogen-bond donors (Lipinski definition) is 0. The molecule has 0 spiro atoms. The molecule has 3 nitrogen and oxygen atoms in total. The standard InChI is InChI=1S/C16H15NO2S2/c1-12(18)17(13(2)19)14-8-10-16(11-9-14)21-20-15-6-4-3-5-7-15/h3-11H,1-2H3. The maximum atomic E-state index is 11.5. The van der Waals surface area contributed by atoms with E-state index in [1.54, 1.807) is 33.7 Å². The van der Waals surface area contributed by atoms with Crippen LogP contribution in [-0.4, -0.2) is 11.8 Å². The zero-order valence-corrected chi connectivity index (χ0v) is 13.4. The van der Waals surface area contributed by atoms with Crippen molar-refractivity contribution in [3.63, 3.8) is 0 Å². The van der Waals surface area contributed by atoms with Gasteiger partial charge in [-0.25, -0.2) is 0 Å². The topological polar surface area (TPSA) is 37.4 Å². The summed E-state index contributed by atoms with van der Waals surface area (Å²) >= 11 is 0. The summed E-state index contributed by atoms with van der Waals surface area (Å²) in [5.74, 6) is -0.553. The minimum atomic E-state index is -0.276. The molecule has 0 saturated heterocycles. The summed E-state index contributed by atoms with van der Waals surface area (Å²) < 4.78 is 0. The predicted molar refractivity (Wildman–Crippen MR) is 88.4 cm³/mol. The largest absolute Gasteiger partial charge is 0.274 e. The highest BCUT2D eigenvalue weighted by atomic mass is 33.1. The van der Waals surface area contributed by atoms with Gasteiger partial charge in [-0.15, -0.1) is 0 Å². The number of hydrogen-bond acceptors (Lipinski definition) is 4. The maximum absolute atomic E-state index is 11.5. The van der Waals surface area contributed by atoms with Crippen LogP contribution in [0.5, 0.6) is 0 Å². The molecular weight excluding hydrogens is 302 g/mol. The average Bonchev–Trinajstić information content (AvgIpc) is 2.47. The Kier molecular flexibility index (Phi) is 5.47. The number of imide groups is 1. The number of nitrogens with zero attached hydrogens (tertiary/aromatic N) is 1. The summed E-state index contributed by atoms with van der Waals surface area (Å²) in [6.45, 7) is 2.77. The zero-order valence-electron chi connectivity index (χ0n) is 11.8. The molecule has 2 rings (SSSR count). The van der Waals surface area contributed by atoms with Crippen molar-refractivity contribution >= 4 is 39.1 Å². The molecule has 5 heteroatoms. The molecule has 0 atom stereocenters. The first-order chi connectivity index (χ1) is 10.1. The molecule has 0 heterocycles. The maximum Gasteiger partial charge on any atom is 0.230 e. The molecule has 0 bridgehead atoms. The van der Waals surface area contributed by atoms with Gasteiger partial charge < -0.3 is 0 Å². The van der Waals surface area contributed by atoms with Gasteiger partial charge in [0.25, 0.3) is 0 Å². The molecule has 0 aliphatic heterocycles. The van der Waals surface area contributed by atoms with Gasteiger partial charge in [-0.05, 0) is 36.4 Å². The number of carbonyl (C=O) groups is 2. The lowest BCUT2D eigenvalue weighted by molar-refractivity contribution is -0.124. The van der Waals surface area contributed by atoms with E-state index in [9.17, 15) is 9.59 Å². The molecule has 21 heavy (non-hydrogen) atoms. The third kappa shape index (κ3) is 4.37. The lowest BCUT2D eigenvalue weighted by Crippen LogP contribution is -2.32. The molecule has 0 fully saturated rings. The van der Waals surface area contributed by atoms with Gasteiger partial charge in [0.1, 0.15) is 0 Å². The van der Waals surface area contributed by atoms with E-state index in [0.717, 1.165) is 4.90 Å². The van der Waals surface area contributed by atoms with E-state index in [0.29, 0.717) is 5.69 Å². The summed E-state index contributed by atoms with van der Waals surface area (Å²) in [5.41, 5.74) is 0.601. The van der Waals surface area contributed by atoms with Crippen LogP contribution in [0.4, 0.5) is 5.69 Å². The zero-order chi connectivity index (χ0) is 15.2. The molecule has 0 unspecified atom stereocenters. The molecule has 2 aromatic carbocycles. The number of benzene rings is 2. The first kappa shape index (κ1) is 15.7. The number of amides is 2. The second-order valence-corrected chi connectivity index (χ2v) is 6.62. The Morgan fingerprint density at radius 2 is 1.24 bits per heavy atom. The van der Waals surface area contributed by atoms with Crippen LogP contribution in [-0.2, 0) is 9.59 Å². The summed E-state index contributed by atoms with van der Waals surface area (Å²) in [6.07, 6.45) is 0. The Hall–Kier alpha value is -1.72. The summed E-state index contributed by atoms with van der Waals surface area (Å²) in [6, 6.07) is 17.5. The van der Waals surface area contributed by atoms with E-state index in [1.807, 2.05) is 30.3 Å². The van der Waals surface area contributed by atoms with Crippen LogP contribution in [0.3, 0.4) is 0 Å². The van der Waals surface area contributed by atoms with Crippen LogP contribution < -0.4 is 4.90 Å². The first-order valence-electron chi connectivity index (χ1n) is 6.39. The molecule has 0 N–H and O–H groups in total. The lowest BCUT2D eigenvalue weighted by Gasteiger charge is -2.17. The molecule has 0 saturated carbocycles. The summed E-state index contributed by atoms with van der Waals surface area (Å²) in [5, 5.41) is 0. The van der Waals surface area contributed by atoms with Gasteiger partial charge >= 0.3 is 0 Å². The SMILES string of the molecule is CC(=O)N(C(C)=O)c1ccc(SSc2ccccc2)cc1. The molecule has 2 amide bonds. The van der Waals surface area contributed by atoms with Crippen molar-refractivity contribution in [1.82, 2.24) is 0 Å². The molecule has 108 valence electrons. The quantitative estimate of drug-likeness (QED) is 0.784. The fourth-order valence-corrected chi connectivity index (χ4v) is 3.76. The monoisotopic (exact) mass is 317 g/mol. The first-order valence-corrected chi connectivity index (χ1v) is 8.54. The Labute approximate surface area is 132 Å². The fraction of sp³-hybridized carbons (Fsp3) is 0.125. The Balaban J connectivity index is 2.05. The van der Waals surface area contributed by atoms with Crippen LogP contribution in [0.2, 0.25) is 0 Å². The number of rotatable bonds is 4. The van der Waals surface area contributed by atoms with E-state index in [2.05, 4.69) is 12.1 Å². The van der Waals surface area contributed by atoms with Crippen LogP contribution >= 0.6 is 21.6 Å². The van der Waals surface area contributed by atoms with Crippen molar-refractivity contribution in [2.75, 3.05) is 4.90 Å². The number of anilines is 1. The summed E-state index contributed by atoms with van der Waals surface area (Å²) in [7, 11) is 3.31.